The molecule has 2 aromatic heterocycles. The van der Waals surface area contributed by atoms with Gasteiger partial charge in [0, 0.05) is 6.07 Å². The van der Waals surface area contributed by atoms with Crippen molar-refractivity contribution in [2.75, 3.05) is 10.5 Å². The summed E-state index contributed by atoms with van der Waals surface area (Å²) in [6.45, 7) is 5.51. The second kappa shape index (κ2) is 5.58. The summed E-state index contributed by atoms with van der Waals surface area (Å²) >= 11 is 1.59. The van der Waals surface area contributed by atoms with Gasteiger partial charge in [0.25, 0.3) is 0 Å². The molecule has 2 rings (SSSR count). The molecule has 102 valence electrons. The summed E-state index contributed by atoms with van der Waals surface area (Å²) in [6.07, 6.45) is 1.99. The summed E-state index contributed by atoms with van der Waals surface area (Å²) in [6, 6.07) is 3.71. The largest absolute Gasteiger partial charge is 0.275 e. The van der Waals surface area contributed by atoms with Gasteiger partial charge in [-0.15, -0.1) is 17.9 Å². The molecule has 7 heteroatoms. The van der Waals surface area contributed by atoms with Crippen LogP contribution in [0.5, 0.6) is 0 Å². The number of thiophene rings is 1. The molecule has 2 heterocycles. The van der Waals surface area contributed by atoms with Crippen molar-refractivity contribution in [1.82, 2.24) is 10.2 Å². The quantitative estimate of drug-likeness (QED) is 0.805. The van der Waals surface area contributed by atoms with Crippen LogP contribution < -0.4 is 4.72 Å². The van der Waals surface area contributed by atoms with E-state index in [1.807, 2.05) is 18.4 Å². The van der Waals surface area contributed by atoms with Crippen LogP contribution in [-0.4, -0.2) is 24.4 Å². The molecule has 2 aromatic rings. The first-order valence-electron chi connectivity index (χ1n) is 5.73. The average Bonchev–Trinajstić information content (AvgIpc) is 2.95. The number of nitrogens with one attached hydrogen (secondary N) is 2. The van der Waals surface area contributed by atoms with Crippen molar-refractivity contribution in [3.05, 3.63) is 35.7 Å². The number of H-pyrrole nitrogens is 1. The van der Waals surface area contributed by atoms with Crippen LogP contribution in [0.4, 0.5) is 5.82 Å². The predicted octanol–water partition coefficient (Wildman–Crippen LogP) is 2.76. The van der Waals surface area contributed by atoms with Crippen LogP contribution in [0.3, 0.4) is 0 Å². The molecule has 0 spiro atoms. The number of hydrogen-bond donors (Lipinski definition) is 2. The lowest BCUT2D eigenvalue weighted by molar-refractivity contribution is 0.600. The normalized spacial score (nSPS) is 11.4. The van der Waals surface area contributed by atoms with E-state index in [0.717, 1.165) is 16.1 Å². The zero-order valence-electron chi connectivity index (χ0n) is 10.5. The average molecular weight is 297 g/mol. The molecule has 0 aliphatic rings. The lowest BCUT2D eigenvalue weighted by Crippen LogP contribution is -2.16. The van der Waals surface area contributed by atoms with E-state index in [2.05, 4.69) is 21.5 Å². The zero-order valence-corrected chi connectivity index (χ0v) is 12.1. The zero-order chi connectivity index (χ0) is 13.9. The summed E-state index contributed by atoms with van der Waals surface area (Å²) in [5.41, 5.74) is 1.95. The van der Waals surface area contributed by atoms with Gasteiger partial charge in [-0.05, 0) is 30.4 Å². The fourth-order valence-corrected chi connectivity index (χ4v) is 3.48. The molecule has 0 atom stereocenters. The van der Waals surface area contributed by atoms with Crippen molar-refractivity contribution in [3.63, 3.8) is 0 Å². The minimum atomic E-state index is -3.36. The van der Waals surface area contributed by atoms with Crippen molar-refractivity contribution < 1.29 is 8.42 Å². The third kappa shape index (κ3) is 3.45. The Morgan fingerprint density at radius 3 is 3.00 bits per heavy atom. The molecular weight excluding hydrogens is 282 g/mol. The van der Waals surface area contributed by atoms with E-state index >= 15 is 0 Å². The highest BCUT2D eigenvalue weighted by Crippen LogP contribution is 2.28. The minimum absolute atomic E-state index is 0.0106. The van der Waals surface area contributed by atoms with E-state index < -0.39 is 10.0 Å². The van der Waals surface area contributed by atoms with Crippen molar-refractivity contribution in [3.8, 4) is 10.6 Å². The molecule has 0 aliphatic carbocycles. The van der Waals surface area contributed by atoms with Crippen molar-refractivity contribution >= 4 is 27.2 Å². The Bertz CT molecular complexity index is 671. The Balaban J connectivity index is 2.14. The van der Waals surface area contributed by atoms with Gasteiger partial charge in [0.2, 0.25) is 10.0 Å². The number of hydrogen-bond acceptors (Lipinski definition) is 4. The number of aromatic nitrogens is 2. The summed E-state index contributed by atoms with van der Waals surface area (Å²) in [5.74, 6) is 0.323. The number of nitrogens with zero attached hydrogens (tertiary/aromatic N) is 1. The van der Waals surface area contributed by atoms with E-state index in [4.69, 9.17) is 0 Å². The summed E-state index contributed by atoms with van der Waals surface area (Å²) < 4.78 is 25.9. The van der Waals surface area contributed by atoms with E-state index in [1.54, 1.807) is 23.5 Å². The first-order chi connectivity index (χ1) is 9.02. The Kier molecular flexibility index (Phi) is 4.06. The SMILES string of the molecule is C=CCCS(=O)(=O)Nc1cc(-c2sccc2C)[nH]n1. The number of aromatic amines is 1. The topological polar surface area (TPSA) is 74.8 Å². The van der Waals surface area contributed by atoms with Gasteiger partial charge in [0.1, 0.15) is 0 Å². The standard InChI is InChI=1S/C12H15N3O2S2/c1-3-4-7-19(16,17)15-11-8-10(13-14-11)12-9(2)5-6-18-12/h3,5-6,8H,1,4,7H2,2H3,(H2,13,14,15). The molecular formula is C12H15N3O2S2. The Labute approximate surface area is 116 Å². The van der Waals surface area contributed by atoms with Crippen LogP contribution in [0, 0.1) is 6.92 Å². The van der Waals surface area contributed by atoms with Gasteiger partial charge < -0.3 is 0 Å². The molecule has 0 amide bonds. The van der Waals surface area contributed by atoms with Crippen LogP contribution in [0.25, 0.3) is 10.6 Å². The van der Waals surface area contributed by atoms with Gasteiger partial charge in [0.15, 0.2) is 5.82 Å². The van der Waals surface area contributed by atoms with Crippen LogP contribution >= 0.6 is 11.3 Å². The molecule has 0 aliphatic heterocycles. The molecule has 0 unspecified atom stereocenters. The first-order valence-corrected chi connectivity index (χ1v) is 8.26. The molecule has 0 fully saturated rings. The lowest BCUT2D eigenvalue weighted by atomic mass is 10.2. The second-order valence-electron chi connectivity index (χ2n) is 4.10. The van der Waals surface area contributed by atoms with Gasteiger partial charge in [-0.1, -0.05) is 6.08 Å². The number of rotatable bonds is 6. The molecule has 5 nitrogen and oxygen atoms in total. The van der Waals surface area contributed by atoms with E-state index in [0.29, 0.717) is 12.2 Å². The van der Waals surface area contributed by atoms with Crippen molar-refractivity contribution in [1.29, 1.82) is 0 Å². The third-order valence-electron chi connectivity index (χ3n) is 2.54. The highest BCUT2D eigenvalue weighted by atomic mass is 32.2. The Morgan fingerprint density at radius 1 is 1.58 bits per heavy atom. The number of allylic oxidation sites excluding steroid dienone is 1. The van der Waals surface area contributed by atoms with E-state index in [9.17, 15) is 8.42 Å². The molecule has 2 N–H and O–H groups in total. The lowest BCUT2D eigenvalue weighted by Gasteiger charge is -2.02. The van der Waals surface area contributed by atoms with Crippen LogP contribution in [0.1, 0.15) is 12.0 Å². The number of sulfonamides is 1. The van der Waals surface area contributed by atoms with E-state index in [-0.39, 0.29) is 5.75 Å². The highest BCUT2D eigenvalue weighted by molar-refractivity contribution is 7.92. The maximum absolute atomic E-state index is 11.7. The van der Waals surface area contributed by atoms with Crippen molar-refractivity contribution in [2.45, 2.75) is 13.3 Å². The van der Waals surface area contributed by atoms with Gasteiger partial charge in [-0.25, -0.2) is 8.42 Å². The Hall–Kier alpha value is -1.60. The van der Waals surface area contributed by atoms with Gasteiger partial charge >= 0.3 is 0 Å². The third-order valence-corrected chi connectivity index (χ3v) is 4.88. The summed E-state index contributed by atoms with van der Waals surface area (Å²) in [7, 11) is -3.36. The molecule has 0 bridgehead atoms. The highest BCUT2D eigenvalue weighted by Gasteiger charge is 2.13. The summed E-state index contributed by atoms with van der Waals surface area (Å²) in [4.78, 5) is 1.06. The molecule has 0 saturated heterocycles. The van der Waals surface area contributed by atoms with E-state index in [1.165, 1.54) is 0 Å². The fourth-order valence-electron chi connectivity index (χ4n) is 1.59. The molecule has 0 saturated carbocycles. The maximum Gasteiger partial charge on any atom is 0.234 e. The van der Waals surface area contributed by atoms with Crippen LogP contribution in [0.15, 0.2) is 30.2 Å². The monoisotopic (exact) mass is 297 g/mol. The molecule has 0 aromatic carbocycles. The molecule has 19 heavy (non-hydrogen) atoms. The second-order valence-corrected chi connectivity index (χ2v) is 6.86. The van der Waals surface area contributed by atoms with Crippen LogP contribution in [0.2, 0.25) is 0 Å². The predicted molar refractivity (Wildman–Crippen MR) is 78.9 cm³/mol. The van der Waals surface area contributed by atoms with Gasteiger partial charge in [0.05, 0.1) is 16.3 Å². The van der Waals surface area contributed by atoms with Crippen LogP contribution in [-0.2, 0) is 10.0 Å². The Morgan fingerprint density at radius 2 is 2.37 bits per heavy atom. The smallest absolute Gasteiger partial charge is 0.234 e. The number of aryl methyl sites for hydroxylation is 1. The minimum Gasteiger partial charge on any atom is -0.275 e. The first kappa shape index (κ1) is 13.8. The number of anilines is 1. The van der Waals surface area contributed by atoms with Gasteiger partial charge in [-0.3, -0.25) is 9.82 Å². The maximum atomic E-state index is 11.7. The summed E-state index contributed by atoms with van der Waals surface area (Å²) in [5, 5.41) is 8.80. The van der Waals surface area contributed by atoms with Gasteiger partial charge in [-0.2, -0.15) is 5.10 Å². The molecule has 0 radical (unpaired) electrons. The fraction of sp³-hybridized carbons (Fsp3) is 0.250. The van der Waals surface area contributed by atoms with Crippen molar-refractivity contribution in [2.24, 2.45) is 0 Å².